The van der Waals surface area contributed by atoms with Gasteiger partial charge >= 0.3 is 12.0 Å². The fraction of sp³-hybridized carbons (Fsp3) is 0.750. The Hall–Kier alpha value is -1.52. The first-order valence-corrected chi connectivity index (χ1v) is 7.61. The summed E-state index contributed by atoms with van der Waals surface area (Å²) in [5.41, 5.74) is 0.147. The molecule has 1 aliphatic rings. The van der Waals surface area contributed by atoms with E-state index in [-0.39, 0.29) is 11.9 Å². The lowest BCUT2D eigenvalue weighted by Crippen LogP contribution is -2.51. The Balaban J connectivity index is 2.77. The Morgan fingerprint density at radius 2 is 2.05 bits per heavy atom. The van der Waals surface area contributed by atoms with Crippen LogP contribution in [0.3, 0.4) is 0 Å². The smallest absolute Gasteiger partial charge is 0.320 e. The minimum atomic E-state index is -0.801. The van der Waals surface area contributed by atoms with Crippen molar-refractivity contribution in [3.8, 4) is 0 Å². The molecule has 5 heteroatoms. The van der Waals surface area contributed by atoms with Crippen LogP contribution in [-0.2, 0) is 4.79 Å². The van der Waals surface area contributed by atoms with Crippen molar-refractivity contribution in [1.29, 1.82) is 0 Å². The molecule has 0 aromatic carbocycles. The van der Waals surface area contributed by atoms with Gasteiger partial charge in [-0.25, -0.2) is 4.79 Å². The molecule has 21 heavy (non-hydrogen) atoms. The Kier molecular flexibility index (Phi) is 5.81. The zero-order chi connectivity index (χ0) is 16.2. The molecule has 1 heterocycles. The fourth-order valence-electron chi connectivity index (χ4n) is 2.76. The first kappa shape index (κ1) is 17.5. The number of carbonyl (C=O) groups excluding carboxylic acids is 1. The van der Waals surface area contributed by atoms with E-state index in [1.807, 2.05) is 13.8 Å². The van der Waals surface area contributed by atoms with Crippen molar-refractivity contribution in [2.24, 2.45) is 11.3 Å². The van der Waals surface area contributed by atoms with Gasteiger partial charge in [0, 0.05) is 26.2 Å². The molecule has 0 aliphatic carbocycles. The lowest BCUT2D eigenvalue weighted by atomic mass is 9.74. The third kappa shape index (κ3) is 4.22. The van der Waals surface area contributed by atoms with Crippen LogP contribution in [0, 0.1) is 11.3 Å². The molecular weight excluding hydrogens is 268 g/mol. The Bertz CT molecular complexity index is 418. The Morgan fingerprint density at radius 1 is 1.43 bits per heavy atom. The molecule has 1 N–H and O–H groups in total. The summed E-state index contributed by atoms with van der Waals surface area (Å²) in [7, 11) is 0. The minimum absolute atomic E-state index is 0.00349. The van der Waals surface area contributed by atoms with Crippen molar-refractivity contribution < 1.29 is 14.7 Å². The fourth-order valence-corrected chi connectivity index (χ4v) is 2.76. The second-order valence-electron chi connectivity index (χ2n) is 6.57. The van der Waals surface area contributed by atoms with Crippen LogP contribution in [0.4, 0.5) is 4.79 Å². The van der Waals surface area contributed by atoms with E-state index in [9.17, 15) is 14.7 Å². The average Bonchev–Trinajstić information content (AvgIpc) is 2.43. The van der Waals surface area contributed by atoms with Crippen LogP contribution >= 0.6 is 0 Å². The molecule has 120 valence electrons. The number of hydrogen-bond acceptors (Lipinski definition) is 2. The maximum absolute atomic E-state index is 12.6. The molecule has 2 amide bonds. The summed E-state index contributed by atoms with van der Waals surface area (Å²) in [6.45, 7) is 13.6. The highest BCUT2D eigenvalue weighted by Gasteiger charge is 2.40. The third-order valence-corrected chi connectivity index (χ3v) is 4.38. The van der Waals surface area contributed by atoms with E-state index in [1.165, 1.54) is 0 Å². The number of urea groups is 1. The standard InChI is InChI=1S/C16H28N2O3/c1-6-17(10-12(2)3)15(21)18-9-7-8-13(11-18)16(4,5)14(19)20/h13H,2,6-11H2,1,3-5H3,(H,19,20). The predicted molar refractivity (Wildman–Crippen MR) is 83.2 cm³/mol. The van der Waals surface area contributed by atoms with Gasteiger partial charge in [-0.05, 0) is 46.5 Å². The van der Waals surface area contributed by atoms with Gasteiger partial charge in [0.15, 0.2) is 0 Å². The van der Waals surface area contributed by atoms with Crippen molar-refractivity contribution in [2.75, 3.05) is 26.2 Å². The van der Waals surface area contributed by atoms with E-state index in [2.05, 4.69) is 6.58 Å². The zero-order valence-corrected chi connectivity index (χ0v) is 13.7. The van der Waals surface area contributed by atoms with Gasteiger partial charge in [0.2, 0.25) is 0 Å². The molecule has 1 unspecified atom stereocenters. The van der Waals surface area contributed by atoms with Gasteiger partial charge in [0.05, 0.1) is 5.41 Å². The average molecular weight is 296 g/mol. The minimum Gasteiger partial charge on any atom is -0.481 e. The van der Waals surface area contributed by atoms with Gasteiger partial charge in [-0.2, -0.15) is 0 Å². The van der Waals surface area contributed by atoms with Gasteiger partial charge in [-0.15, -0.1) is 0 Å². The van der Waals surface area contributed by atoms with E-state index in [0.29, 0.717) is 26.2 Å². The summed E-state index contributed by atoms with van der Waals surface area (Å²) in [6.07, 6.45) is 1.72. The highest BCUT2D eigenvalue weighted by Crippen LogP contribution is 2.34. The summed E-state index contributed by atoms with van der Waals surface area (Å²) in [5, 5.41) is 9.37. The number of likely N-dealkylation sites (N-methyl/N-ethyl adjacent to an activating group) is 1. The van der Waals surface area contributed by atoms with Gasteiger partial charge in [-0.1, -0.05) is 12.2 Å². The third-order valence-electron chi connectivity index (χ3n) is 4.38. The van der Waals surface area contributed by atoms with Crippen molar-refractivity contribution in [3.63, 3.8) is 0 Å². The molecule has 1 atom stereocenters. The van der Waals surface area contributed by atoms with Crippen LogP contribution in [0.5, 0.6) is 0 Å². The van der Waals surface area contributed by atoms with Crippen LogP contribution in [0.2, 0.25) is 0 Å². The number of carbonyl (C=O) groups is 2. The summed E-state index contributed by atoms with van der Waals surface area (Å²) < 4.78 is 0. The lowest BCUT2D eigenvalue weighted by Gasteiger charge is -2.41. The van der Waals surface area contributed by atoms with Crippen LogP contribution in [-0.4, -0.2) is 53.1 Å². The number of aliphatic carboxylic acids is 1. The molecule has 0 radical (unpaired) electrons. The van der Waals surface area contributed by atoms with E-state index >= 15 is 0 Å². The van der Waals surface area contributed by atoms with E-state index in [4.69, 9.17) is 0 Å². The molecule has 0 aromatic rings. The van der Waals surface area contributed by atoms with Crippen LogP contribution in [0.15, 0.2) is 12.2 Å². The Morgan fingerprint density at radius 3 is 2.52 bits per heavy atom. The van der Waals surface area contributed by atoms with Gasteiger partial charge in [-0.3, -0.25) is 4.79 Å². The van der Waals surface area contributed by atoms with Crippen molar-refractivity contribution in [1.82, 2.24) is 9.80 Å². The number of piperidine rings is 1. The van der Waals surface area contributed by atoms with E-state index in [1.54, 1.807) is 23.6 Å². The number of hydrogen-bond donors (Lipinski definition) is 1. The van der Waals surface area contributed by atoms with Gasteiger partial charge in [0.25, 0.3) is 0 Å². The summed E-state index contributed by atoms with van der Waals surface area (Å²) in [6, 6.07) is -0.00797. The lowest BCUT2D eigenvalue weighted by molar-refractivity contribution is -0.151. The van der Waals surface area contributed by atoms with E-state index < -0.39 is 11.4 Å². The van der Waals surface area contributed by atoms with E-state index in [0.717, 1.165) is 18.4 Å². The second-order valence-corrected chi connectivity index (χ2v) is 6.57. The van der Waals surface area contributed by atoms with Crippen LogP contribution in [0.25, 0.3) is 0 Å². The molecule has 1 saturated heterocycles. The van der Waals surface area contributed by atoms with Gasteiger partial charge in [0.1, 0.15) is 0 Å². The number of nitrogens with zero attached hydrogens (tertiary/aromatic N) is 2. The highest BCUT2D eigenvalue weighted by atomic mass is 16.4. The zero-order valence-electron chi connectivity index (χ0n) is 13.7. The molecule has 0 bridgehead atoms. The van der Waals surface area contributed by atoms with Crippen LogP contribution < -0.4 is 0 Å². The topological polar surface area (TPSA) is 60.9 Å². The molecule has 0 saturated carbocycles. The number of carboxylic acid groups (broad SMARTS) is 1. The molecule has 1 rings (SSSR count). The summed E-state index contributed by atoms with van der Waals surface area (Å²) >= 11 is 0. The monoisotopic (exact) mass is 296 g/mol. The van der Waals surface area contributed by atoms with Crippen molar-refractivity contribution in [2.45, 2.75) is 40.5 Å². The molecule has 5 nitrogen and oxygen atoms in total. The molecule has 1 fully saturated rings. The molecule has 0 spiro atoms. The van der Waals surface area contributed by atoms with Crippen molar-refractivity contribution in [3.05, 3.63) is 12.2 Å². The van der Waals surface area contributed by atoms with Crippen molar-refractivity contribution >= 4 is 12.0 Å². The molecule has 0 aromatic heterocycles. The first-order valence-electron chi connectivity index (χ1n) is 7.61. The SMILES string of the molecule is C=C(C)CN(CC)C(=O)N1CCCC(C(C)(C)C(=O)O)C1. The second kappa shape index (κ2) is 6.96. The summed E-state index contributed by atoms with van der Waals surface area (Å²) in [4.78, 5) is 27.5. The molecule has 1 aliphatic heterocycles. The summed E-state index contributed by atoms with van der Waals surface area (Å²) in [5.74, 6) is -0.799. The largest absolute Gasteiger partial charge is 0.481 e. The number of likely N-dealkylation sites (tertiary alicyclic amines) is 1. The number of rotatable bonds is 5. The highest BCUT2D eigenvalue weighted by molar-refractivity contribution is 5.76. The first-order chi connectivity index (χ1) is 9.70. The number of amides is 2. The molecular formula is C16H28N2O3. The maximum Gasteiger partial charge on any atom is 0.320 e. The predicted octanol–water partition coefficient (Wildman–Crippen LogP) is 2.83. The quantitative estimate of drug-likeness (QED) is 0.794. The number of carboxylic acids is 1. The maximum atomic E-state index is 12.6. The van der Waals surface area contributed by atoms with Crippen LogP contribution in [0.1, 0.15) is 40.5 Å². The normalized spacial score (nSPS) is 19.2. The Labute approximate surface area is 127 Å². The van der Waals surface area contributed by atoms with Gasteiger partial charge < -0.3 is 14.9 Å².